The van der Waals surface area contributed by atoms with Gasteiger partial charge < -0.3 is 5.73 Å². The lowest BCUT2D eigenvalue weighted by atomic mass is 10.1. The van der Waals surface area contributed by atoms with Crippen molar-refractivity contribution in [2.75, 3.05) is 5.73 Å². The molecule has 18 heavy (non-hydrogen) atoms. The molecule has 2 aromatic heterocycles. The SMILES string of the molecule is CC(C)c1nnc2c(N)c(-c3ccccc3)[nH]n12. The van der Waals surface area contributed by atoms with Gasteiger partial charge in [-0.25, -0.2) is 4.52 Å². The average molecular weight is 241 g/mol. The van der Waals surface area contributed by atoms with Crippen molar-refractivity contribution in [2.45, 2.75) is 19.8 Å². The Bertz CT molecular complexity index is 678. The normalized spacial score (nSPS) is 11.5. The minimum Gasteiger partial charge on any atom is -0.394 e. The van der Waals surface area contributed by atoms with Crippen molar-refractivity contribution in [3.05, 3.63) is 36.2 Å². The summed E-state index contributed by atoms with van der Waals surface area (Å²) in [7, 11) is 0. The van der Waals surface area contributed by atoms with Crippen LogP contribution in [0.2, 0.25) is 0 Å². The van der Waals surface area contributed by atoms with Gasteiger partial charge in [-0.3, -0.25) is 5.10 Å². The van der Waals surface area contributed by atoms with E-state index >= 15 is 0 Å². The van der Waals surface area contributed by atoms with Gasteiger partial charge in [0.1, 0.15) is 5.69 Å². The Hall–Kier alpha value is -2.30. The molecule has 1 aromatic carbocycles. The summed E-state index contributed by atoms with van der Waals surface area (Å²) in [6, 6.07) is 9.99. The number of rotatable bonds is 2. The number of aromatic amines is 1. The Kier molecular flexibility index (Phi) is 2.33. The van der Waals surface area contributed by atoms with Crippen LogP contribution in [-0.2, 0) is 0 Å². The van der Waals surface area contributed by atoms with E-state index in [1.807, 2.05) is 34.8 Å². The van der Waals surface area contributed by atoms with Crippen LogP contribution in [0.3, 0.4) is 0 Å². The van der Waals surface area contributed by atoms with Crippen LogP contribution in [0.4, 0.5) is 5.69 Å². The molecule has 0 fully saturated rings. The zero-order chi connectivity index (χ0) is 12.7. The van der Waals surface area contributed by atoms with Crippen molar-refractivity contribution in [1.82, 2.24) is 19.8 Å². The van der Waals surface area contributed by atoms with Gasteiger partial charge in [-0.1, -0.05) is 44.2 Å². The number of nitrogens with two attached hydrogens (primary N) is 1. The van der Waals surface area contributed by atoms with Gasteiger partial charge in [0.15, 0.2) is 5.82 Å². The van der Waals surface area contributed by atoms with Crippen molar-refractivity contribution < 1.29 is 0 Å². The summed E-state index contributed by atoms with van der Waals surface area (Å²) in [4.78, 5) is 0. The van der Waals surface area contributed by atoms with E-state index in [0.29, 0.717) is 17.3 Å². The summed E-state index contributed by atoms with van der Waals surface area (Å²) in [6.45, 7) is 4.16. The highest BCUT2D eigenvalue weighted by Crippen LogP contribution is 2.28. The predicted molar refractivity (Wildman–Crippen MR) is 71.3 cm³/mol. The highest BCUT2D eigenvalue weighted by atomic mass is 15.4. The van der Waals surface area contributed by atoms with Gasteiger partial charge in [0, 0.05) is 11.5 Å². The molecule has 3 rings (SSSR count). The van der Waals surface area contributed by atoms with E-state index in [4.69, 9.17) is 5.73 Å². The van der Waals surface area contributed by atoms with E-state index in [0.717, 1.165) is 17.1 Å². The van der Waals surface area contributed by atoms with E-state index in [1.54, 1.807) is 0 Å². The fraction of sp³-hybridized carbons (Fsp3) is 0.231. The maximum Gasteiger partial charge on any atom is 0.201 e. The molecule has 2 heterocycles. The van der Waals surface area contributed by atoms with Crippen LogP contribution in [0, 0.1) is 0 Å². The van der Waals surface area contributed by atoms with Gasteiger partial charge >= 0.3 is 0 Å². The third-order valence-corrected chi connectivity index (χ3v) is 3.00. The molecular weight excluding hydrogens is 226 g/mol. The molecule has 3 aromatic rings. The smallest absolute Gasteiger partial charge is 0.201 e. The molecular formula is C13H15N5. The first-order valence-electron chi connectivity index (χ1n) is 5.96. The van der Waals surface area contributed by atoms with Crippen molar-refractivity contribution in [3.8, 4) is 11.3 Å². The van der Waals surface area contributed by atoms with Crippen molar-refractivity contribution in [2.24, 2.45) is 0 Å². The molecule has 3 N–H and O–H groups in total. The van der Waals surface area contributed by atoms with Gasteiger partial charge in [-0.05, 0) is 0 Å². The quantitative estimate of drug-likeness (QED) is 0.723. The fourth-order valence-corrected chi connectivity index (χ4v) is 2.06. The molecule has 0 aliphatic heterocycles. The van der Waals surface area contributed by atoms with Gasteiger partial charge in [0.2, 0.25) is 5.65 Å². The Labute approximate surface area is 105 Å². The first-order valence-corrected chi connectivity index (χ1v) is 5.96. The molecule has 5 heteroatoms. The summed E-state index contributed by atoms with van der Waals surface area (Å²) < 4.78 is 1.86. The van der Waals surface area contributed by atoms with E-state index in [1.165, 1.54) is 0 Å². The molecule has 0 atom stereocenters. The molecule has 0 aliphatic carbocycles. The molecule has 0 amide bonds. The molecule has 0 spiro atoms. The first kappa shape index (κ1) is 10.8. The second kappa shape index (κ2) is 3.87. The largest absolute Gasteiger partial charge is 0.394 e. The minimum absolute atomic E-state index is 0.293. The van der Waals surface area contributed by atoms with Crippen LogP contribution >= 0.6 is 0 Å². The van der Waals surface area contributed by atoms with Gasteiger partial charge in [0.05, 0.1) is 5.69 Å². The number of hydrogen-bond donors (Lipinski definition) is 2. The van der Waals surface area contributed by atoms with E-state index < -0.39 is 0 Å². The molecule has 0 saturated carbocycles. The summed E-state index contributed by atoms with van der Waals surface area (Å²) in [5.74, 6) is 1.18. The fourth-order valence-electron chi connectivity index (χ4n) is 2.06. The number of anilines is 1. The van der Waals surface area contributed by atoms with Crippen LogP contribution in [-0.4, -0.2) is 19.8 Å². The number of aromatic nitrogens is 4. The van der Waals surface area contributed by atoms with Crippen LogP contribution in [0.5, 0.6) is 0 Å². The minimum atomic E-state index is 0.293. The molecule has 0 aliphatic rings. The highest BCUT2D eigenvalue weighted by Gasteiger charge is 2.17. The molecule has 5 nitrogen and oxygen atoms in total. The van der Waals surface area contributed by atoms with Crippen molar-refractivity contribution >= 4 is 11.3 Å². The predicted octanol–water partition coefficient (Wildman–Crippen LogP) is 2.43. The van der Waals surface area contributed by atoms with E-state index in [9.17, 15) is 0 Å². The van der Waals surface area contributed by atoms with Crippen LogP contribution in [0.25, 0.3) is 16.9 Å². The average Bonchev–Trinajstić information content (AvgIpc) is 2.91. The molecule has 92 valence electrons. The lowest BCUT2D eigenvalue weighted by Crippen LogP contribution is -1.97. The van der Waals surface area contributed by atoms with Gasteiger partial charge in [-0.2, -0.15) is 0 Å². The number of H-pyrrole nitrogens is 1. The topological polar surface area (TPSA) is 72.0 Å². The van der Waals surface area contributed by atoms with Crippen molar-refractivity contribution in [3.63, 3.8) is 0 Å². The standard InChI is InChI=1S/C13H15N5/c1-8(2)12-15-16-13-10(14)11(17-18(12)13)9-6-4-3-5-7-9/h3-8,17H,14H2,1-2H3. The Morgan fingerprint density at radius 3 is 2.56 bits per heavy atom. The second-order valence-electron chi connectivity index (χ2n) is 4.64. The lowest BCUT2D eigenvalue weighted by Gasteiger charge is -2.00. The third-order valence-electron chi connectivity index (χ3n) is 3.00. The number of fused-ring (bicyclic) bond motifs is 1. The number of nitrogen functional groups attached to an aromatic ring is 1. The van der Waals surface area contributed by atoms with Crippen LogP contribution < -0.4 is 5.73 Å². The monoisotopic (exact) mass is 241 g/mol. The maximum absolute atomic E-state index is 6.13. The Morgan fingerprint density at radius 2 is 1.89 bits per heavy atom. The summed E-state index contributed by atoms with van der Waals surface area (Å²) in [5.41, 5.74) is 9.40. The van der Waals surface area contributed by atoms with Crippen molar-refractivity contribution in [1.29, 1.82) is 0 Å². The number of nitrogens with one attached hydrogen (secondary N) is 1. The van der Waals surface area contributed by atoms with Gasteiger partial charge in [-0.15, -0.1) is 10.2 Å². The molecule has 0 saturated heterocycles. The van der Waals surface area contributed by atoms with Gasteiger partial charge in [0.25, 0.3) is 0 Å². The molecule has 0 bridgehead atoms. The summed E-state index contributed by atoms with van der Waals surface area (Å²) >= 11 is 0. The second-order valence-corrected chi connectivity index (χ2v) is 4.64. The van der Waals surface area contributed by atoms with Crippen LogP contribution in [0.15, 0.2) is 30.3 Å². The number of hydrogen-bond acceptors (Lipinski definition) is 3. The number of benzene rings is 1. The third kappa shape index (κ3) is 1.48. The van der Waals surface area contributed by atoms with E-state index in [-0.39, 0.29) is 0 Å². The Balaban J connectivity index is 2.23. The summed E-state index contributed by atoms with van der Waals surface area (Å²) in [6.07, 6.45) is 0. The highest BCUT2D eigenvalue weighted by molar-refractivity contribution is 5.82. The molecule has 0 unspecified atom stereocenters. The zero-order valence-corrected chi connectivity index (χ0v) is 10.4. The first-order chi connectivity index (χ1) is 8.68. The van der Waals surface area contributed by atoms with E-state index in [2.05, 4.69) is 29.1 Å². The Morgan fingerprint density at radius 1 is 1.17 bits per heavy atom. The van der Waals surface area contributed by atoms with Crippen LogP contribution in [0.1, 0.15) is 25.6 Å². The zero-order valence-electron chi connectivity index (χ0n) is 10.4. The summed E-state index contributed by atoms with van der Waals surface area (Å²) in [5, 5.41) is 11.6. The molecule has 0 radical (unpaired) electrons. The number of nitrogens with zero attached hydrogens (tertiary/aromatic N) is 3. The maximum atomic E-state index is 6.13. The lowest BCUT2D eigenvalue weighted by molar-refractivity contribution is 0.727.